The minimum Gasteiger partial charge on any atom is -0.296 e. The van der Waals surface area contributed by atoms with Gasteiger partial charge in [-0.1, -0.05) is 29.8 Å². The standard InChI is InChI=1S/C14H18ClN3/c1-12(10-16)18-8-6-17(7-9-18)11-13-4-2-3-5-14(13)15/h2-5,12H,6-9,11H2,1H3. The van der Waals surface area contributed by atoms with Gasteiger partial charge >= 0.3 is 0 Å². The van der Waals surface area contributed by atoms with Crippen LogP contribution < -0.4 is 0 Å². The molecule has 1 aromatic carbocycles. The van der Waals surface area contributed by atoms with Crippen molar-refractivity contribution in [2.75, 3.05) is 26.2 Å². The van der Waals surface area contributed by atoms with E-state index >= 15 is 0 Å². The van der Waals surface area contributed by atoms with Crippen molar-refractivity contribution in [3.8, 4) is 6.07 Å². The van der Waals surface area contributed by atoms with Gasteiger partial charge < -0.3 is 0 Å². The van der Waals surface area contributed by atoms with E-state index in [1.54, 1.807) is 0 Å². The first-order valence-corrected chi connectivity index (χ1v) is 6.68. The summed E-state index contributed by atoms with van der Waals surface area (Å²) in [6.07, 6.45) is 0. The Morgan fingerprint density at radius 3 is 2.56 bits per heavy atom. The average Bonchev–Trinajstić information content (AvgIpc) is 2.41. The van der Waals surface area contributed by atoms with Crippen LogP contribution in [0.5, 0.6) is 0 Å². The predicted molar refractivity (Wildman–Crippen MR) is 73.4 cm³/mol. The van der Waals surface area contributed by atoms with E-state index in [4.69, 9.17) is 16.9 Å². The van der Waals surface area contributed by atoms with Gasteiger partial charge in [0.2, 0.25) is 0 Å². The van der Waals surface area contributed by atoms with Gasteiger partial charge in [0.25, 0.3) is 0 Å². The second-order valence-electron chi connectivity index (χ2n) is 4.71. The number of nitriles is 1. The maximum Gasteiger partial charge on any atom is 0.0950 e. The Kier molecular flexibility index (Phi) is 4.60. The summed E-state index contributed by atoms with van der Waals surface area (Å²) < 4.78 is 0. The summed E-state index contributed by atoms with van der Waals surface area (Å²) in [5, 5.41) is 9.74. The van der Waals surface area contributed by atoms with Crippen molar-refractivity contribution in [3.63, 3.8) is 0 Å². The number of hydrogen-bond donors (Lipinski definition) is 0. The van der Waals surface area contributed by atoms with Crippen LogP contribution in [-0.4, -0.2) is 42.0 Å². The van der Waals surface area contributed by atoms with E-state index in [2.05, 4.69) is 21.9 Å². The highest BCUT2D eigenvalue weighted by molar-refractivity contribution is 6.31. The lowest BCUT2D eigenvalue weighted by Gasteiger charge is -2.36. The largest absolute Gasteiger partial charge is 0.296 e. The summed E-state index contributed by atoms with van der Waals surface area (Å²) in [4.78, 5) is 4.62. The Balaban J connectivity index is 1.88. The second kappa shape index (κ2) is 6.19. The third kappa shape index (κ3) is 3.23. The van der Waals surface area contributed by atoms with Crippen LogP contribution in [0.25, 0.3) is 0 Å². The molecule has 1 aliphatic rings. The highest BCUT2D eigenvalue weighted by atomic mass is 35.5. The normalized spacial score (nSPS) is 19.4. The van der Waals surface area contributed by atoms with Crippen LogP contribution in [0.4, 0.5) is 0 Å². The molecule has 1 fully saturated rings. The molecule has 1 heterocycles. The molecule has 1 aliphatic heterocycles. The lowest BCUT2D eigenvalue weighted by atomic mass is 10.2. The van der Waals surface area contributed by atoms with E-state index in [0.717, 1.165) is 37.7 Å². The number of nitrogens with zero attached hydrogens (tertiary/aromatic N) is 3. The zero-order valence-electron chi connectivity index (χ0n) is 10.6. The van der Waals surface area contributed by atoms with Crippen LogP contribution >= 0.6 is 11.6 Å². The molecule has 0 saturated carbocycles. The zero-order chi connectivity index (χ0) is 13.0. The van der Waals surface area contributed by atoms with Crippen molar-refractivity contribution in [2.24, 2.45) is 0 Å². The Hall–Kier alpha value is -1.08. The summed E-state index contributed by atoms with van der Waals surface area (Å²) in [6.45, 7) is 6.77. The van der Waals surface area contributed by atoms with Crippen LogP contribution in [0.2, 0.25) is 5.02 Å². The molecule has 0 aliphatic carbocycles. The summed E-state index contributed by atoms with van der Waals surface area (Å²) in [5.74, 6) is 0. The summed E-state index contributed by atoms with van der Waals surface area (Å²) in [6, 6.07) is 10.3. The molecule has 1 atom stereocenters. The average molecular weight is 264 g/mol. The number of hydrogen-bond acceptors (Lipinski definition) is 3. The van der Waals surface area contributed by atoms with Crippen LogP contribution in [0.3, 0.4) is 0 Å². The molecule has 0 aromatic heterocycles. The van der Waals surface area contributed by atoms with Gasteiger partial charge in [0.15, 0.2) is 0 Å². The van der Waals surface area contributed by atoms with Gasteiger partial charge in [-0.3, -0.25) is 9.80 Å². The lowest BCUT2D eigenvalue weighted by molar-refractivity contribution is 0.114. The number of rotatable bonds is 3. The Morgan fingerprint density at radius 1 is 1.28 bits per heavy atom. The van der Waals surface area contributed by atoms with Gasteiger partial charge in [-0.2, -0.15) is 5.26 Å². The van der Waals surface area contributed by atoms with Crippen molar-refractivity contribution in [1.82, 2.24) is 9.80 Å². The minimum absolute atomic E-state index is 0.0208. The van der Waals surface area contributed by atoms with Crippen molar-refractivity contribution < 1.29 is 0 Å². The van der Waals surface area contributed by atoms with Crippen molar-refractivity contribution in [2.45, 2.75) is 19.5 Å². The van der Waals surface area contributed by atoms with Crippen molar-refractivity contribution in [3.05, 3.63) is 34.9 Å². The molecule has 1 unspecified atom stereocenters. The van der Waals surface area contributed by atoms with Gasteiger partial charge in [0, 0.05) is 37.7 Å². The number of piperazine rings is 1. The van der Waals surface area contributed by atoms with Crippen molar-refractivity contribution >= 4 is 11.6 Å². The molecule has 4 heteroatoms. The Bertz CT molecular complexity index is 433. The molecule has 0 amide bonds. The quantitative estimate of drug-likeness (QED) is 0.839. The summed E-state index contributed by atoms with van der Waals surface area (Å²) >= 11 is 6.16. The first kappa shape index (κ1) is 13.4. The molecular formula is C14H18ClN3. The first-order chi connectivity index (χ1) is 8.70. The molecule has 3 nitrogen and oxygen atoms in total. The predicted octanol–water partition coefficient (Wildman–Crippen LogP) is 2.37. The van der Waals surface area contributed by atoms with E-state index in [-0.39, 0.29) is 6.04 Å². The smallest absolute Gasteiger partial charge is 0.0950 e. The summed E-state index contributed by atoms with van der Waals surface area (Å²) in [5.41, 5.74) is 1.18. The van der Waals surface area contributed by atoms with Gasteiger partial charge in [-0.15, -0.1) is 0 Å². The van der Waals surface area contributed by atoms with E-state index in [1.165, 1.54) is 5.56 Å². The SMILES string of the molecule is CC(C#N)N1CCN(Cc2ccccc2Cl)CC1. The molecule has 0 bridgehead atoms. The van der Waals surface area contributed by atoms with E-state index in [0.29, 0.717) is 0 Å². The van der Waals surface area contributed by atoms with Crippen molar-refractivity contribution in [1.29, 1.82) is 5.26 Å². The second-order valence-corrected chi connectivity index (χ2v) is 5.12. The third-order valence-electron chi connectivity index (χ3n) is 3.49. The van der Waals surface area contributed by atoms with E-state index in [1.807, 2.05) is 25.1 Å². The third-order valence-corrected chi connectivity index (χ3v) is 3.86. The Morgan fingerprint density at radius 2 is 1.94 bits per heavy atom. The monoisotopic (exact) mass is 263 g/mol. The van der Waals surface area contributed by atoms with Gasteiger partial charge in [0.1, 0.15) is 0 Å². The molecule has 1 aromatic rings. The maximum atomic E-state index is 8.90. The molecule has 1 saturated heterocycles. The number of halogens is 1. The highest BCUT2D eigenvalue weighted by Crippen LogP contribution is 2.18. The van der Waals surface area contributed by atoms with E-state index < -0.39 is 0 Å². The molecule has 0 radical (unpaired) electrons. The molecule has 0 spiro atoms. The Labute approximate surface area is 114 Å². The topological polar surface area (TPSA) is 30.3 Å². The van der Waals surface area contributed by atoms with E-state index in [9.17, 15) is 0 Å². The fourth-order valence-electron chi connectivity index (χ4n) is 2.26. The summed E-state index contributed by atoms with van der Waals surface area (Å²) in [7, 11) is 0. The van der Waals surface area contributed by atoms with Crippen LogP contribution in [-0.2, 0) is 6.54 Å². The fourth-order valence-corrected chi connectivity index (χ4v) is 2.45. The molecular weight excluding hydrogens is 246 g/mol. The van der Waals surface area contributed by atoms with Gasteiger partial charge in [-0.25, -0.2) is 0 Å². The number of benzene rings is 1. The molecule has 0 N–H and O–H groups in total. The highest BCUT2D eigenvalue weighted by Gasteiger charge is 2.20. The van der Waals surface area contributed by atoms with Crippen LogP contribution in [0, 0.1) is 11.3 Å². The van der Waals surface area contributed by atoms with Crippen LogP contribution in [0.15, 0.2) is 24.3 Å². The fraction of sp³-hybridized carbons (Fsp3) is 0.500. The molecule has 96 valence electrons. The maximum absolute atomic E-state index is 8.90. The van der Waals surface area contributed by atoms with Gasteiger partial charge in [0.05, 0.1) is 12.1 Å². The minimum atomic E-state index is 0.0208. The molecule has 18 heavy (non-hydrogen) atoms. The zero-order valence-corrected chi connectivity index (χ0v) is 11.4. The first-order valence-electron chi connectivity index (χ1n) is 6.30. The molecule has 2 rings (SSSR count). The lowest BCUT2D eigenvalue weighted by Crippen LogP contribution is -2.48. The van der Waals surface area contributed by atoms with Crippen LogP contribution in [0.1, 0.15) is 12.5 Å². The van der Waals surface area contributed by atoms with Gasteiger partial charge in [-0.05, 0) is 18.6 Å².